The largest absolute Gasteiger partial charge is 0.396 e. The molecule has 4 heteroatoms. The topological polar surface area (TPSA) is 58.6 Å². The van der Waals surface area contributed by atoms with Crippen molar-refractivity contribution < 1.29 is 14.6 Å². The second-order valence-corrected chi connectivity index (χ2v) is 3.85. The fourth-order valence-electron chi connectivity index (χ4n) is 1.11. The molecule has 0 aliphatic carbocycles. The molecule has 0 saturated heterocycles. The first-order valence-electron chi connectivity index (χ1n) is 5.66. The van der Waals surface area contributed by atoms with Crippen molar-refractivity contribution in [3.8, 4) is 0 Å². The third-order valence-electron chi connectivity index (χ3n) is 1.95. The highest BCUT2D eigenvalue weighted by Crippen LogP contribution is 1.97. The second-order valence-electron chi connectivity index (χ2n) is 3.85. The van der Waals surface area contributed by atoms with Crippen LogP contribution in [0.1, 0.15) is 39.5 Å². The Morgan fingerprint density at radius 2 is 1.93 bits per heavy atom. The third kappa shape index (κ3) is 11.3. The van der Waals surface area contributed by atoms with Crippen LogP contribution in [0.15, 0.2) is 0 Å². The zero-order valence-corrected chi connectivity index (χ0v) is 9.79. The maximum Gasteiger partial charge on any atom is 0.246 e. The summed E-state index contributed by atoms with van der Waals surface area (Å²) in [6.07, 6.45) is 3.98. The number of hydrogen-bond acceptors (Lipinski definition) is 3. The minimum atomic E-state index is -0.0501. The summed E-state index contributed by atoms with van der Waals surface area (Å²) in [5, 5.41) is 11.3. The van der Waals surface area contributed by atoms with Crippen LogP contribution in [0.5, 0.6) is 0 Å². The van der Waals surface area contributed by atoms with Gasteiger partial charge in [0, 0.05) is 13.2 Å². The highest BCUT2D eigenvalue weighted by atomic mass is 16.5. The van der Waals surface area contributed by atoms with Crippen LogP contribution in [0.3, 0.4) is 0 Å². The lowest BCUT2D eigenvalue weighted by Crippen LogP contribution is -2.29. The molecule has 0 aromatic rings. The minimum absolute atomic E-state index is 0.0501. The van der Waals surface area contributed by atoms with Gasteiger partial charge in [-0.25, -0.2) is 0 Å². The summed E-state index contributed by atoms with van der Waals surface area (Å²) in [5.41, 5.74) is 0. The monoisotopic (exact) mass is 217 g/mol. The summed E-state index contributed by atoms with van der Waals surface area (Å²) in [4.78, 5) is 11.2. The van der Waals surface area contributed by atoms with Crippen molar-refractivity contribution in [1.29, 1.82) is 0 Å². The molecule has 0 radical (unpaired) electrons. The summed E-state index contributed by atoms with van der Waals surface area (Å²) in [5.74, 6) is -0.0501. The number of rotatable bonds is 9. The van der Waals surface area contributed by atoms with Gasteiger partial charge in [-0.05, 0) is 26.7 Å². The predicted molar refractivity (Wildman–Crippen MR) is 59.7 cm³/mol. The van der Waals surface area contributed by atoms with E-state index in [1.807, 2.05) is 13.8 Å². The van der Waals surface area contributed by atoms with Gasteiger partial charge in [-0.1, -0.05) is 12.8 Å². The number of aliphatic hydroxyl groups is 1. The van der Waals surface area contributed by atoms with Gasteiger partial charge >= 0.3 is 0 Å². The van der Waals surface area contributed by atoms with E-state index in [9.17, 15) is 4.79 Å². The Labute approximate surface area is 92.0 Å². The van der Waals surface area contributed by atoms with Crippen LogP contribution in [0.4, 0.5) is 0 Å². The van der Waals surface area contributed by atoms with Gasteiger partial charge in [0.15, 0.2) is 0 Å². The number of ether oxygens (including phenoxy) is 1. The molecule has 0 saturated carbocycles. The smallest absolute Gasteiger partial charge is 0.246 e. The Balaban J connectivity index is 3.17. The van der Waals surface area contributed by atoms with Crippen molar-refractivity contribution in [3.63, 3.8) is 0 Å². The Morgan fingerprint density at radius 1 is 1.27 bits per heavy atom. The first-order valence-corrected chi connectivity index (χ1v) is 5.66. The predicted octanol–water partition coefficient (Wildman–Crippen LogP) is 1.08. The maximum atomic E-state index is 11.2. The van der Waals surface area contributed by atoms with Gasteiger partial charge in [-0.2, -0.15) is 0 Å². The zero-order chi connectivity index (χ0) is 11.5. The van der Waals surface area contributed by atoms with Gasteiger partial charge in [0.25, 0.3) is 0 Å². The van der Waals surface area contributed by atoms with E-state index in [0.29, 0.717) is 6.54 Å². The quantitative estimate of drug-likeness (QED) is 0.568. The SMILES string of the molecule is CC(C)OCC(=O)NCCCCCCO. The minimum Gasteiger partial charge on any atom is -0.396 e. The molecule has 0 fully saturated rings. The fraction of sp³-hybridized carbons (Fsp3) is 0.909. The first-order chi connectivity index (χ1) is 7.16. The number of carbonyl (C=O) groups is 1. The standard InChI is InChI=1S/C11H23NO3/c1-10(2)15-9-11(14)12-7-5-3-4-6-8-13/h10,13H,3-9H2,1-2H3,(H,12,14). The zero-order valence-electron chi connectivity index (χ0n) is 9.79. The molecule has 1 amide bonds. The summed E-state index contributed by atoms with van der Waals surface area (Å²) in [6, 6.07) is 0. The third-order valence-corrected chi connectivity index (χ3v) is 1.95. The maximum absolute atomic E-state index is 11.2. The van der Waals surface area contributed by atoms with Crippen molar-refractivity contribution in [2.45, 2.75) is 45.6 Å². The van der Waals surface area contributed by atoms with Crippen LogP contribution in [-0.4, -0.2) is 36.9 Å². The van der Waals surface area contributed by atoms with Crippen molar-refractivity contribution >= 4 is 5.91 Å². The molecule has 0 heterocycles. The molecule has 2 N–H and O–H groups in total. The normalized spacial score (nSPS) is 10.7. The molecule has 4 nitrogen and oxygen atoms in total. The van der Waals surface area contributed by atoms with Crippen LogP contribution >= 0.6 is 0 Å². The number of amides is 1. The first kappa shape index (κ1) is 14.4. The fourth-order valence-corrected chi connectivity index (χ4v) is 1.11. The highest BCUT2D eigenvalue weighted by Gasteiger charge is 2.01. The van der Waals surface area contributed by atoms with Crippen LogP contribution in [0, 0.1) is 0 Å². The van der Waals surface area contributed by atoms with E-state index >= 15 is 0 Å². The van der Waals surface area contributed by atoms with Crippen LogP contribution in [0.2, 0.25) is 0 Å². The van der Waals surface area contributed by atoms with E-state index in [1.54, 1.807) is 0 Å². The van der Waals surface area contributed by atoms with Gasteiger partial charge in [-0.3, -0.25) is 4.79 Å². The lowest BCUT2D eigenvalue weighted by molar-refractivity contribution is -0.127. The molecule has 0 spiro atoms. The summed E-state index contributed by atoms with van der Waals surface area (Å²) >= 11 is 0. The second kappa shape index (κ2) is 9.93. The van der Waals surface area contributed by atoms with E-state index < -0.39 is 0 Å². The molecule has 90 valence electrons. The molecular weight excluding hydrogens is 194 g/mol. The molecule has 0 aromatic carbocycles. The van der Waals surface area contributed by atoms with Crippen LogP contribution < -0.4 is 5.32 Å². The number of unbranched alkanes of at least 4 members (excludes halogenated alkanes) is 3. The van der Waals surface area contributed by atoms with E-state index in [0.717, 1.165) is 25.7 Å². The van der Waals surface area contributed by atoms with Crippen molar-refractivity contribution in [1.82, 2.24) is 5.32 Å². The van der Waals surface area contributed by atoms with Crippen LogP contribution in [-0.2, 0) is 9.53 Å². The average molecular weight is 217 g/mol. The summed E-state index contributed by atoms with van der Waals surface area (Å²) in [6.45, 7) is 4.92. The van der Waals surface area contributed by atoms with Gasteiger partial charge in [0.05, 0.1) is 6.10 Å². The highest BCUT2D eigenvalue weighted by molar-refractivity contribution is 5.77. The van der Waals surface area contributed by atoms with E-state index in [1.165, 1.54) is 0 Å². The molecule has 0 aliphatic rings. The molecule has 15 heavy (non-hydrogen) atoms. The van der Waals surface area contributed by atoms with E-state index in [2.05, 4.69) is 5.32 Å². The Morgan fingerprint density at radius 3 is 2.53 bits per heavy atom. The van der Waals surface area contributed by atoms with E-state index in [-0.39, 0.29) is 25.2 Å². The van der Waals surface area contributed by atoms with Crippen LogP contribution in [0.25, 0.3) is 0 Å². The van der Waals surface area contributed by atoms with Crippen molar-refractivity contribution in [2.75, 3.05) is 19.8 Å². The number of nitrogens with one attached hydrogen (secondary N) is 1. The van der Waals surface area contributed by atoms with Gasteiger partial charge < -0.3 is 15.2 Å². The summed E-state index contributed by atoms with van der Waals surface area (Å²) < 4.78 is 5.15. The lowest BCUT2D eigenvalue weighted by Gasteiger charge is -2.08. The molecule has 0 unspecified atom stereocenters. The van der Waals surface area contributed by atoms with Gasteiger partial charge in [-0.15, -0.1) is 0 Å². The average Bonchev–Trinajstić information content (AvgIpc) is 2.20. The lowest BCUT2D eigenvalue weighted by atomic mass is 10.2. The van der Waals surface area contributed by atoms with E-state index in [4.69, 9.17) is 9.84 Å². The Bertz CT molecular complexity index is 160. The molecule has 0 bridgehead atoms. The molecular formula is C11H23NO3. The van der Waals surface area contributed by atoms with Crippen molar-refractivity contribution in [3.05, 3.63) is 0 Å². The molecule has 0 atom stereocenters. The number of carbonyl (C=O) groups excluding carboxylic acids is 1. The molecule has 0 aromatic heterocycles. The number of hydrogen-bond donors (Lipinski definition) is 2. The summed E-state index contributed by atoms with van der Waals surface area (Å²) in [7, 11) is 0. The number of aliphatic hydroxyl groups excluding tert-OH is 1. The van der Waals surface area contributed by atoms with Gasteiger partial charge in [0.1, 0.15) is 6.61 Å². The molecule has 0 aliphatic heterocycles. The Kier molecular flexibility index (Phi) is 9.52. The van der Waals surface area contributed by atoms with Crippen molar-refractivity contribution in [2.24, 2.45) is 0 Å². The van der Waals surface area contributed by atoms with Gasteiger partial charge in [0.2, 0.25) is 5.91 Å². The Hall–Kier alpha value is -0.610. The molecule has 0 rings (SSSR count).